The number of hydrogen-bond donors (Lipinski definition) is 0. The summed E-state index contributed by atoms with van der Waals surface area (Å²) in [5.41, 5.74) is 0. The van der Waals surface area contributed by atoms with E-state index in [1.165, 1.54) is 6.92 Å². The van der Waals surface area contributed by atoms with Crippen molar-refractivity contribution in [3.05, 3.63) is 98.1 Å². The molecular formula is C30H33B2F8FeN11S2. The molecule has 6 rings (SSSR count). The predicted octanol–water partition coefficient (Wildman–Crippen LogP) is 9.03. The zero-order valence-electron chi connectivity index (χ0n) is 29.2. The average Bonchev–Trinajstić information content (AvgIpc) is 3.87. The molecule has 0 fully saturated rings. The van der Waals surface area contributed by atoms with E-state index in [9.17, 15) is 34.5 Å². The van der Waals surface area contributed by atoms with Crippen molar-refractivity contribution < 1.29 is 51.6 Å². The molecule has 0 N–H and O–H groups in total. The Labute approximate surface area is 325 Å². The first-order valence-electron chi connectivity index (χ1n) is 15.3. The molecule has 0 saturated heterocycles. The molecule has 0 unspecified atom stereocenters. The van der Waals surface area contributed by atoms with E-state index in [2.05, 4.69) is 58.1 Å². The minimum Gasteiger partial charge on any atom is -0.418 e. The number of nitrogens with zero attached hydrogens (tertiary/aromatic N) is 11. The number of hydrogen-bond acceptors (Lipinski definition) is 9. The standard InChI is InChI=1S/2C14H15N5S.C2H3N.2BF4.Fe/c2*1-11(2)20-12-9-13(18-7-3-5-15-18)17-14(10-12)19-8-4-6-16-19;1-2-3;2*2-1(3,4)5;/h2*3-11H,1-2H3;1H3;;;/q;;;2*-1;+2. The van der Waals surface area contributed by atoms with E-state index in [-0.39, 0.29) is 17.1 Å². The number of rotatable bonds is 8. The molecule has 0 aliphatic rings. The Morgan fingerprint density at radius 3 is 0.889 bits per heavy atom. The Morgan fingerprint density at radius 1 is 0.537 bits per heavy atom. The van der Waals surface area contributed by atoms with Crippen LogP contribution in [0.15, 0.2) is 108 Å². The molecule has 290 valence electrons. The predicted molar refractivity (Wildman–Crippen MR) is 191 cm³/mol. The maximum atomic E-state index is 9.75. The van der Waals surface area contributed by atoms with Crippen molar-refractivity contribution in [2.24, 2.45) is 0 Å². The first-order valence-corrected chi connectivity index (χ1v) is 17.0. The summed E-state index contributed by atoms with van der Waals surface area (Å²) in [5, 5.41) is 25.3. The van der Waals surface area contributed by atoms with Gasteiger partial charge in [-0.2, -0.15) is 25.7 Å². The number of thioether (sulfide) groups is 2. The topological polar surface area (TPSA) is 121 Å². The van der Waals surface area contributed by atoms with Gasteiger partial charge in [-0.15, -0.1) is 23.5 Å². The number of nitriles is 1. The summed E-state index contributed by atoms with van der Waals surface area (Å²) in [4.78, 5) is 11.5. The first-order chi connectivity index (χ1) is 24.9. The van der Waals surface area contributed by atoms with Gasteiger partial charge in [0.05, 0.1) is 6.07 Å². The molecule has 0 aromatic carbocycles. The largest absolute Gasteiger partial charge is 2.00 e. The van der Waals surface area contributed by atoms with Crippen LogP contribution in [-0.4, -0.2) is 74.1 Å². The molecule has 0 saturated carbocycles. The van der Waals surface area contributed by atoms with Gasteiger partial charge in [0, 0.05) is 76.8 Å². The smallest absolute Gasteiger partial charge is 0.418 e. The quantitative estimate of drug-likeness (QED) is 0.0840. The first kappa shape index (κ1) is 47.4. The third-order valence-electron chi connectivity index (χ3n) is 5.24. The van der Waals surface area contributed by atoms with Crippen LogP contribution in [0.4, 0.5) is 34.5 Å². The Hall–Kier alpha value is -4.58. The summed E-state index contributed by atoms with van der Waals surface area (Å²) in [5.74, 6) is 3.19. The number of pyridine rings is 2. The second kappa shape index (κ2) is 23.3. The van der Waals surface area contributed by atoms with E-state index in [4.69, 9.17) is 5.26 Å². The fourth-order valence-electron chi connectivity index (χ4n) is 3.72. The molecule has 6 aromatic rings. The molecule has 24 heteroatoms. The molecule has 0 bridgehead atoms. The van der Waals surface area contributed by atoms with E-state index in [0.717, 1.165) is 33.1 Å². The molecule has 0 aliphatic carbocycles. The van der Waals surface area contributed by atoms with Gasteiger partial charge < -0.3 is 34.5 Å². The molecule has 11 nitrogen and oxygen atoms in total. The summed E-state index contributed by atoms with van der Waals surface area (Å²) in [6, 6.07) is 17.5. The molecule has 0 aliphatic heterocycles. The summed E-state index contributed by atoms with van der Waals surface area (Å²) < 4.78 is 85.0. The monoisotopic (exact) mass is 841 g/mol. The number of aromatic nitrogens is 10. The maximum absolute atomic E-state index is 9.75. The molecule has 0 spiro atoms. The van der Waals surface area contributed by atoms with Crippen molar-refractivity contribution in [1.82, 2.24) is 49.1 Å². The molecule has 0 radical (unpaired) electrons. The van der Waals surface area contributed by atoms with E-state index >= 15 is 0 Å². The van der Waals surface area contributed by atoms with Gasteiger partial charge in [-0.1, -0.05) is 27.7 Å². The molecule has 6 aromatic heterocycles. The van der Waals surface area contributed by atoms with Crippen molar-refractivity contribution in [3.63, 3.8) is 0 Å². The van der Waals surface area contributed by atoms with Gasteiger partial charge in [0.25, 0.3) is 0 Å². The summed E-state index contributed by atoms with van der Waals surface area (Å²) in [7, 11) is -12.0. The third-order valence-corrected chi connectivity index (χ3v) is 7.20. The second-order valence-corrected chi connectivity index (χ2v) is 13.7. The van der Waals surface area contributed by atoms with Crippen molar-refractivity contribution in [3.8, 4) is 29.3 Å². The van der Waals surface area contributed by atoms with Gasteiger partial charge in [-0.05, 0) is 48.5 Å². The maximum Gasteiger partial charge on any atom is 2.00 e. The summed E-state index contributed by atoms with van der Waals surface area (Å²) in [6.45, 7) is 10.1. The van der Waals surface area contributed by atoms with Gasteiger partial charge >= 0.3 is 31.6 Å². The van der Waals surface area contributed by atoms with Crippen LogP contribution >= 0.6 is 23.5 Å². The van der Waals surface area contributed by atoms with Crippen LogP contribution in [0.5, 0.6) is 0 Å². The molecule has 54 heavy (non-hydrogen) atoms. The van der Waals surface area contributed by atoms with E-state index in [0.29, 0.717) is 10.5 Å². The normalized spacial score (nSPS) is 10.6. The van der Waals surface area contributed by atoms with Crippen LogP contribution in [0, 0.1) is 11.3 Å². The minimum absolute atomic E-state index is 0. The van der Waals surface area contributed by atoms with Crippen molar-refractivity contribution in [2.45, 2.75) is 54.9 Å². The SMILES string of the molecule is CC#N.CC(C)Sc1cc(-n2cccn2)nc(-n2cccn2)c1.CC(C)Sc1cc(-n2cccn2)nc(-n2cccn2)c1.F[B-](F)(F)F.F[B-](F)(F)F.[Fe+2]. The van der Waals surface area contributed by atoms with Crippen LogP contribution in [0.25, 0.3) is 23.3 Å². The van der Waals surface area contributed by atoms with Crippen LogP contribution < -0.4 is 0 Å². The minimum atomic E-state index is -6.00. The van der Waals surface area contributed by atoms with E-state index in [1.807, 2.05) is 73.3 Å². The Balaban J connectivity index is 0.000000404. The molecule has 6 heterocycles. The van der Waals surface area contributed by atoms with E-state index < -0.39 is 14.5 Å². The van der Waals surface area contributed by atoms with Gasteiger partial charge in [0.2, 0.25) is 0 Å². The fraction of sp³-hybridized carbons (Fsp3) is 0.233. The fourth-order valence-corrected chi connectivity index (χ4v) is 5.51. The Bertz CT molecular complexity index is 1670. The zero-order chi connectivity index (χ0) is 39.6. The van der Waals surface area contributed by atoms with Gasteiger partial charge in [0.1, 0.15) is 0 Å². The average molecular weight is 841 g/mol. The van der Waals surface area contributed by atoms with Crippen LogP contribution in [0.2, 0.25) is 0 Å². The second-order valence-electron chi connectivity index (χ2n) is 10.4. The van der Waals surface area contributed by atoms with Gasteiger partial charge in [0.15, 0.2) is 23.3 Å². The molecule has 0 atom stereocenters. The van der Waals surface area contributed by atoms with Gasteiger partial charge in [-0.25, -0.2) is 28.7 Å². The Kier molecular flexibility index (Phi) is 20.4. The van der Waals surface area contributed by atoms with Crippen LogP contribution in [-0.2, 0) is 17.1 Å². The number of halogens is 8. The Morgan fingerprint density at radius 2 is 0.741 bits per heavy atom. The van der Waals surface area contributed by atoms with Crippen LogP contribution in [0.1, 0.15) is 34.6 Å². The molecule has 0 amide bonds. The third kappa shape index (κ3) is 20.0. The van der Waals surface area contributed by atoms with Gasteiger partial charge in [-0.3, -0.25) is 0 Å². The van der Waals surface area contributed by atoms with Crippen LogP contribution in [0.3, 0.4) is 0 Å². The van der Waals surface area contributed by atoms with Crippen molar-refractivity contribution >= 4 is 38.0 Å². The summed E-state index contributed by atoms with van der Waals surface area (Å²) >= 11 is 3.60. The van der Waals surface area contributed by atoms with Crippen molar-refractivity contribution in [1.29, 1.82) is 5.26 Å². The zero-order valence-corrected chi connectivity index (χ0v) is 31.9. The summed E-state index contributed by atoms with van der Waals surface area (Å²) in [6.07, 6.45) is 14.5. The van der Waals surface area contributed by atoms with Crippen molar-refractivity contribution in [2.75, 3.05) is 0 Å². The van der Waals surface area contributed by atoms with E-state index in [1.54, 1.807) is 73.1 Å². The molecular weight excluding hydrogens is 808 g/mol.